The van der Waals surface area contributed by atoms with Crippen molar-refractivity contribution in [2.45, 2.75) is 25.4 Å². The van der Waals surface area contributed by atoms with Crippen molar-refractivity contribution in [3.8, 4) is 0 Å². The molecule has 0 bridgehead atoms. The zero-order chi connectivity index (χ0) is 13.4. The Kier molecular flexibility index (Phi) is 3.52. The number of aromatic nitrogens is 4. The van der Waals surface area contributed by atoms with Crippen molar-refractivity contribution < 1.29 is 0 Å². The van der Waals surface area contributed by atoms with Gasteiger partial charge in [0.05, 0.1) is 28.3 Å². The van der Waals surface area contributed by atoms with E-state index in [4.69, 9.17) is 23.2 Å². The first-order valence-corrected chi connectivity index (χ1v) is 7.03. The highest BCUT2D eigenvalue weighted by molar-refractivity contribution is 6.42. The molecule has 1 N–H and O–H groups in total. The topological polar surface area (TPSA) is 47.7 Å². The summed E-state index contributed by atoms with van der Waals surface area (Å²) in [5.74, 6) is 0. The summed E-state index contributed by atoms with van der Waals surface area (Å²) < 4.78 is 4.07. The number of hydrogen-bond acceptors (Lipinski definition) is 3. The lowest BCUT2D eigenvalue weighted by molar-refractivity contribution is 0.235. The number of nitrogens with one attached hydrogen (secondary N) is 1. The second-order valence-corrected chi connectivity index (χ2v) is 5.58. The van der Waals surface area contributed by atoms with Gasteiger partial charge in [0.25, 0.3) is 0 Å². The molecule has 102 valence electrons. The Bertz CT molecular complexity index is 563. The lowest BCUT2D eigenvalue weighted by Gasteiger charge is -2.33. The second kappa shape index (κ2) is 5.15. The molecule has 19 heavy (non-hydrogen) atoms. The molecule has 5 nitrogen and oxygen atoms in total. The van der Waals surface area contributed by atoms with Gasteiger partial charge in [-0.15, -0.1) is 5.10 Å². The molecule has 7 heteroatoms. The molecule has 0 radical (unpaired) electrons. The van der Waals surface area contributed by atoms with Crippen LogP contribution in [-0.2, 0) is 0 Å². The zero-order valence-electron chi connectivity index (χ0n) is 10.6. The van der Waals surface area contributed by atoms with Crippen LogP contribution >= 0.6 is 23.2 Å². The van der Waals surface area contributed by atoms with E-state index in [1.165, 1.54) is 0 Å². The average molecular weight is 300 g/mol. The van der Waals surface area contributed by atoms with Crippen molar-refractivity contribution in [3.63, 3.8) is 0 Å². The largest absolute Gasteiger partial charge is 0.343 e. The molecule has 1 fully saturated rings. The van der Waals surface area contributed by atoms with E-state index in [0.29, 0.717) is 10.0 Å². The van der Waals surface area contributed by atoms with Gasteiger partial charge < -0.3 is 9.88 Å². The minimum absolute atomic E-state index is 0.217. The molecule has 0 aliphatic carbocycles. The molecule has 0 aromatic carbocycles. The van der Waals surface area contributed by atoms with E-state index in [9.17, 15) is 0 Å². The molecular weight excluding hydrogens is 285 g/mol. The lowest BCUT2D eigenvalue weighted by atomic mass is 10.0. The standard InChI is InChI=1S/C12H15Cl2N5/c1-8-12(14)9(13)7-18(8)10-2-3-15-6-11(10)19-5-4-16-17-19/h4-5,7,10-11,15H,2-3,6H2,1H3/t10-,11+/m1/s1. The molecular formula is C12H15Cl2N5. The minimum atomic E-state index is 0.217. The fourth-order valence-corrected chi connectivity index (χ4v) is 3.11. The third kappa shape index (κ3) is 2.26. The Hall–Kier alpha value is -1.04. The monoisotopic (exact) mass is 299 g/mol. The van der Waals surface area contributed by atoms with Gasteiger partial charge in [0.15, 0.2) is 0 Å². The summed E-state index contributed by atoms with van der Waals surface area (Å²) in [5, 5.41) is 12.7. The van der Waals surface area contributed by atoms with Crippen molar-refractivity contribution in [1.82, 2.24) is 24.9 Å². The Morgan fingerprint density at radius 2 is 2.21 bits per heavy atom. The summed E-state index contributed by atoms with van der Waals surface area (Å²) in [4.78, 5) is 0. The smallest absolute Gasteiger partial charge is 0.0868 e. The van der Waals surface area contributed by atoms with Crippen molar-refractivity contribution in [2.24, 2.45) is 0 Å². The van der Waals surface area contributed by atoms with Crippen LogP contribution < -0.4 is 5.32 Å². The first-order chi connectivity index (χ1) is 9.18. The fourth-order valence-electron chi connectivity index (χ4n) is 2.72. The summed E-state index contributed by atoms with van der Waals surface area (Å²) >= 11 is 12.3. The molecule has 0 amide bonds. The average Bonchev–Trinajstić information content (AvgIpc) is 3.04. The number of hydrogen-bond donors (Lipinski definition) is 1. The van der Waals surface area contributed by atoms with Crippen LogP contribution in [0.4, 0.5) is 0 Å². The van der Waals surface area contributed by atoms with Gasteiger partial charge in [0, 0.05) is 24.6 Å². The van der Waals surface area contributed by atoms with Crippen molar-refractivity contribution in [3.05, 3.63) is 34.3 Å². The number of nitrogens with zero attached hydrogens (tertiary/aromatic N) is 4. The highest BCUT2D eigenvalue weighted by Gasteiger charge is 2.30. The highest BCUT2D eigenvalue weighted by Crippen LogP contribution is 2.35. The van der Waals surface area contributed by atoms with Gasteiger partial charge in [-0.2, -0.15) is 0 Å². The first-order valence-electron chi connectivity index (χ1n) is 6.27. The van der Waals surface area contributed by atoms with E-state index >= 15 is 0 Å². The van der Waals surface area contributed by atoms with Crippen LogP contribution in [0.3, 0.4) is 0 Å². The predicted molar refractivity (Wildman–Crippen MR) is 74.8 cm³/mol. The maximum absolute atomic E-state index is 6.19. The Morgan fingerprint density at radius 1 is 1.37 bits per heavy atom. The zero-order valence-corrected chi connectivity index (χ0v) is 12.1. The Morgan fingerprint density at radius 3 is 2.84 bits per heavy atom. The minimum Gasteiger partial charge on any atom is -0.343 e. The van der Waals surface area contributed by atoms with Gasteiger partial charge >= 0.3 is 0 Å². The van der Waals surface area contributed by atoms with E-state index in [0.717, 1.165) is 25.2 Å². The SMILES string of the molecule is Cc1c(Cl)c(Cl)cn1[C@@H]1CCNC[C@@H]1n1ccnn1. The van der Waals surface area contributed by atoms with Crippen LogP contribution in [0.5, 0.6) is 0 Å². The van der Waals surface area contributed by atoms with Gasteiger partial charge in [-0.05, 0) is 19.9 Å². The lowest BCUT2D eigenvalue weighted by Crippen LogP contribution is -2.39. The van der Waals surface area contributed by atoms with E-state index in [1.54, 1.807) is 6.20 Å². The van der Waals surface area contributed by atoms with Crippen LogP contribution in [0.15, 0.2) is 18.6 Å². The van der Waals surface area contributed by atoms with Crippen LogP contribution in [0.25, 0.3) is 0 Å². The maximum Gasteiger partial charge on any atom is 0.0868 e. The summed E-state index contributed by atoms with van der Waals surface area (Å²) in [6, 6.07) is 0.502. The van der Waals surface area contributed by atoms with E-state index in [2.05, 4.69) is 20.2 Å². The summed E-state index contributed by atoms with van der Waals surface area (Å²) in [6.45, 7) is 3.83. The Labute approximate surface area is 121 Å². The molecule has 3 heterocycles. The van der Waals surface area contributed by atoms with E-state index < -0.39 is 0 Å². The first kappa shape index (κ1) is 13.0. The van der Waals surface area contributed by atoms with Gasteiger partial charge in [-0.1, -0.05) is 28.4 Å². The van der Waals surface area contributed by atoms with E-state index in [1.807, 2.05) is 24.0 Å². The van der Waals surface area contributed by atoms with Crippen molar-refractivity contribution in [2.75, 3.05) is 13.1 Å². The third-order valence-corrected chi connectivity index (χ3v) is 4.58. The van der Waals surface area contributed by atoms with Gasteiger partial charge in [-0.3, -0.25) is 0 Å². The van der Waals surface area contributed by atoms with Crippen LogP contribution in [-0.4, -0.2) is 32.7 Å². The molecule has 2 aromatic rings. The molecule has 1 saturated heterocycles. The normalized spacial score (nSPS) is 23.7. The number of piperidine rings is 1. The summed E-state index contributed by atoms with van der Waals surface area (Å²) in [6.07, 6.45) is 6.52. The van der Waals surface area contributed by atoms with Crippen molar-refractivity contribution >= 4 is 23.2 Å². The molecule has 2 aromatic heterocycles. The molecule has 1 aliphatic rings. The molecule has 0 unspecified atom stereocenters. The van der Waals surface area contributed by atoms with Crippen LogP contribution in [0, 0.1) is 6.92 Å². The van der Waals surface area contributed by atoms with Gasteiger partial charge in [0.1, 0.15) is 0 Å². The summed E-state index contributed by atoms with van der Waals surface area (Å²) in [5.41, 5.74) is 1.00. The molecule has 0 spiro atoms. The van der Waals surface area contributed by atoms with Crippen LogP contribution in [0.2, 0.25) is 10.0 Å². The quantitative estimate of drug-likeness (QED) is 0.927. The molecule has 0 saturated carbocycles. The number of halogens is 2. The van der Waals surface area contributed by atoms with Crippen molar-refractivity contribution in [1.29, 1.82) is 0 Å². The highest BCUT2D eigenvalue weighted by atomic mass is 35.5. The third-order valence-electron chi connectivity index (χ3n) is 3.72. The maximum atomic E-state index is 6.19. The predicted octanol–water partition coefficient (Wildman–Crippen LogP) is 2.47. The molecule has 2 atom stereocenters. The van der Waals surface area contributed by atoms with Crippen LogP contribution in [0.1, 0.15) is 24.2 Å². The fraction of sp³-hybridized carbons (Fsp3) is 0.500. The Balaban J connectivity index is 1.98. The van der Waals surface area contributed by atoms with Gasteiger partial charge in [-0.25, -0.2) is 4.68 Å². The van der Waals surface area contributed by atoms with E-state index in [-0.39, 0.29) is 12.1 Å². The molecule has 3 rings (SSSR count). The van der Waals surface area contributed by atoms with Gasteiger partial charge in [0.2, 0.25) is 0 Å². The molecule has 1 aliphatic heterocycles. The number of rotatable bonds is 2. The summed E-state index contributed by atoms with van der Waals surface area (Å²) in [7, 11) is 0. The second-order valence-electron chi connectivity index (χ2n) is 4.79.